The standard InChI is InChI=1S/C14H29N3O/c1-4-17(5-2)11-12(3)16-14(18)10-15-13-8-6-7-9-13/h12-13,15H,4-11H2,1-3H3,(H,16,18). The number of rotatable bonds is 8. The number of carbonyl (C=O) groups excluding carboxylic acids is 1. The van der Waals surface area contributed by atoms with Crippen LogP contribution >= 0.6 is 0 Å². The first kappa shape index (κ1) is 15.4. The zero-order valence-electron chi connectivity index (χ0n) is 12.2. The smallest absolute Gasteiger partial charge is 0.234 e. The zero-order valence-corrected chi connectivity index (χ0v) is 12.2. The Bertz CT molecular complexity index is 235. The number of amides is 1. The van der Waals surface area contributed by atoms with Crippen LogP contribution in [0, 0.1) is 0 Å². The van der Waals surface area contributed by atoms with E-state index in [2.05, 4.69) is 36.3 Å². The van der Waals surface area contributed by atoms with Gasteiger partial charge in [-0.05, 0) is 32.9 Å². The largest absolute Gasteiger partial charge is 0.351 e. The highest BCUT2D eigenvalue weighted by molar-refractivity contribution is 5.78. The van der Waals surface area contributed by atoms with Crippen molar-refractivity contribution >= 4 is 5.91 Å². The predicted octanol–water partition coefficient (Wildman–Crippen LogP) is 1.37. The lowest BCUT2D eigenvalue weighted by Crippen LogP contribution is -2.46. The van der Waals surface area contributed by atoms with Crippen LogP contribution in [-0.2, 0) is 4.79 Å². The summed E-state index contributed by atoms with van der Waals surface area (Å²) < 4.78 is 0. The highest BCUT2D eigenvalue weighted by Crippen LogP contribution is 2.17. The fraction of sp³-hybridized carbons (Fsp3) is 0.929. The average Bonchev–Trinajstić information content (AvgIpc) is 2.86. The van der Waals surface area contributed by atoms with Crippen molar-refractivity contribution < 1.29 is 4.79 Å². The first-order chi connectivity index (χ1) is 8.65. The summed E-state index contributed by atoms with van der Waals surface area (Å²) in [6, 6.07) is 0.789. The van der Waals surface area contributed by atoms with E-state index in [1.54, 1.807) is 0 Å². The van der Waals surface area contributed by atoms with E-state index in [0.29, 0.717) is 12.6 Å². The third-order valence-corrected chi connectivity index (χ3v) is 3.74. The monoisotopic (exact) mass is 255 g/mol. The van der Waals surface area contributed by atoms with Crippen molar-refractivity contribution in [3.63, 3.8) is 0 Å². The molecule has 0 saturated heterocycles. The molecular weight excluding hydrogens is 226 g/mol. The minimum atomic E-state index is 0.126. The van der Waals surface area contributed by atoms with Gasteiger partial charge in [0.05, 0.1) is 6.54 Å². The van der Waals surface area contributed by atoms with E-state index in [1.807, 2.05) is 0 Å². The van der Waals surface area contributed by atoms with Crippen molar-refractivity contribution in [1.82, 2.24) is 15.5 Å². The minimum Gasteiger partial charge on any atom is -0.351 e. The van der Waals surface area contributed by atoms with Gasteiger partial charge in [0.25, 0.3) is 0 Å². The van der Waals surface area contributed by atoms with Crippen LogP contribution in [-0.4, -0.2) is 49.1 Å². The summed E-state index contributed by atoms with van der Waals surface area (Å²) in [7, 11) is 0. The van der Waals surface area contributed by atoms with E-state index in [-0.39, 0.29) is 11.9 Å². The van der Waals surface area contributed by atoms with Crippen molar-refractivity contribution in [3.05, 3.63) is 0 Å². The van der Waals surface area contributed by atoms with Gasteiger partial charge in [-0.1, -0.05) is 26.7 Å². The molecule has 1 amide bonds. The summed E-state index contributed by atoms with van der Waals surface area (Å²) in [5, 5.41) is 6.40. The normalized spacial score (nSPS) is 18.2. The van der Waals surface area contributed by atoms with E-state index in [0.717, 1.165) is 19.6 Å². The van der Waals surface area contributed by atoms with Crippen LogP contribution in [0.1, 0.15) is 46.5 Å². The van der Waals surface area contributed by atoms with Crippen LogP contribution in [0.15, 0.2) is 0 Å². The van der Waals surface area contributed by atoms with Gasteiger partial charge in [0, 0.05) is 18.6 Å². The second-order valence-electron chi connectivity index (χ2n) is 5.32. The average molecular weight is 255 g/mol. The SMILES string of the molecule is CCN(CC)CC(C)NC(=O)CNC1CCCC1. The van der Waals surface area contributed by atoms with Crippen LogP contribution in [0.5, 0.6) is 0 Å². The van der Waals surface area contributed by atoms with Crippen LogP contribution in [0.25, 0.3) is 0 Å². The van der Waals surface area contributed by atoms with Crippen molar-refractivity contribution in [2.24, 2.45) is 0 Å². The summed E-state index contributed by atoms with van der Waals surface area (Å²) in [6.07, 6.45) is 5.06. The number of likely N-dealkylation sites (N-methyl/N-ethyl adjacent to an activating group) is 1. The predicted molar refractivity (Wildman–Crippen MR) is 75.7 cm³/mol. The van der Waals surface area contributed by atoms with E-state index in [9.17, 15) is 4.79 Å². The Morgan fingerprint density at radius 3 is 2.44 bits per heavy atom. The summed E-state index contributed by atoms with van der Waals surface area (Å²) in [4.78, 5) is 14.1. The molecule has 106 valence electrons. The van der Waals surface area contributed by atoms with E-state index in [1.165, 1.54) is 25.7 Å². The summed E-state index contributed by atoms with van der Waals surface area (Å²) in [5.41, 5.74) is 0. The molecule has 1 atom stereocenters. The van der Waals surface area contributed by atoms with Crippen LogP contribution in [0.2, 0.25) is 0 Å². The summed E-state index contributed by atoms with van der Waals surface area (Å²) >= 11 is 0. The highest BCUT2D eigenvalue weighted by atomic mass is 16.2. The maximum Gasteiger partial charge on any atom is 0.234 e. The molecule has 0 radical (unpaired) electrons. The van der Waals surface area contributed by atoms with Gasteiger partial charge in [0.15, 0.2) is 0 Å². The van der Waals surface area contributed by atoms with Gasteiger partial charge < -0.3 is 15.5 Å². The second-order valence-corrected chi connectivity index (χ2v) is 5.32. The van der Waals surface area contributed by atoms with E-state index < -0.39 is 0 Å². The fourth-order valence-corrected chi connectivity index (χ4v) is 2.61. The molecular formula is C14H29N3O. The highest BCUT2D eigenvalue weighted by Gasteiger charge is 2.16. The Labute approximate surface area is 111 Å². The van der Waals surface area contributed by atoms with Gasteiger partial charge in [0.1, 0.15) is 0 Å². The maximum absolute atomic E-state index is 11.8. The number of carbonyl (C=O) groups is 1. The summed E-state index contributed by atoms with van der Waals surface area (Å²) in [6.45, 7) is 9.86. The van der Waals surface area contributed by atoms with Gasteiger partial charge in [-0.3, -0.25) is 4.79 Å². The van der Waals surface area contributed by atoms with E-state index in [4.69, 9.17) is 0 Å². The molecule has 2 N–H and O–H groups in total. The summed E-state index contributed by atoms with van der Waals surface area (Å²) in [5.74, 6) is 0.126. The first-order valence-electron chi connectivity index (χ1n) is 7.40. The second kappa shape index (κ2) is 8.48. The fourth-order valence-electron chi connectivity index (χ4n) is 2.61. The Hall–Kier alpha value is -0.610. The third-order valence-electron chi connectivity index (χ3n) is 3.74. The van der Waals surface area contributed by atoms with Gasteiger partial charge in [0.2, 0.25) is 5.91 Å². The topological polar surface area (TPSA) is 44.4 Å². The molecule has 0 spiro atoms. The molecule has 0 aromatic heterocycles. The molecule has 1 aliphatic carbocycles. The van der Waals surface area contributed by atoms with Crippen LogP contribution in [0.3, 0.4) is 0 Å². The Morgan fingerprint density at radius 2 is 1.89 bits per heavy atom. The Morgan fingerprint density at radius 1 is 1.28 bits per heavy atom. The van der Waals surface area contributed by atoms with E-state index >= 15 is 0 Å². The molecule has 0 aliphatic heterocycles. The van der Waals surface area contributed by atoms with Crippen molar-refractivity contribution in [2.75, 3.05) is 26.2 Å². The number of hydrogen-bond donors (Lipinski definition) is 2. The maximum atomic E-state index is 11.8. The van der Waals surface area contributed by atoms with Gasteiger partial charge >= 0.3 is 0 Å². The molecule has 1 rings (SSSR count). The molecule has 18 heavy (non-hydrogen) atoms. The van der Waals surface area contributed by atoms with Gasteiger partial charge in [-0.25, -0.2) is 0 Å². The Kier molecular flexibility index (Phi) is 7.28. The lowest BCUT2D eigenvalue weighted by Gasteiger charge is -2.23. The molecule has 0 aromatic rings. The van der Waals surface area contributed by atoms with Crippen molar-refractivity contribution in [3.8, 4) is 0 Å². The van der Waals surface area contributed by atoms with Crippen LogP contribution < -0.4 is 10.6 Å². The van der Waals surface area contributed by atoms with Gasteiger partial charge in [-0.15, -0.1) is 0 Å². The molecule has 0 aromatic carbocycles. The molecule has 4 nitrogen and oxygen atoms in total. The molecule has 1 fully saturated rings. The number of nitrogens with one attached hydrogen (secondary N) is 2. The molecule has 4 heteroatoms. The molecule has 1 aliphatic rings. The van der Waals surface area contributed by atoms with Crippen LogP contribution in [0.4, 0.5) is 0 Å². The van der Waals surface area contributed by atoms with Crippen molar-refractivity contribution in [2.45, 2.75) is 58.5 Å². The molecule has 0 bridgehead atoms. The first-order valence-corrected chi connectivity index (χ1v) is 7.40. The molecule has 1 unspecified atom stereocenters. The zero-order chi connectivity index (χ0) is 13.4. The number of nitrogens with zero attached hydrogens (tertiary/aromatic N) is 1. The third kappa shape index (κ3) is 5.83. The Balaban J connectivity index is 2.13. The van der Waals surface area contributed by atoms with Crippen molar-refractivity contribution in [1.29, 1.82) is 0 Å². The molecule has 1 saturated carbocycles. The molecule has 0 heterocycles. The lowest BCUT2D eigenvalue weighted by molar-refractivity contribution is -0.121. The minimum absolute atomic E-state index is 0.126. The lowest BCUT2D eigenvalue weighted by atomic mass is 10.2. The number of hydrogen-bond acceptors (Lipinski definition) is 3. The quantitative estimate of drug-likeness (QED) is 0.688. The van der Waals surface area contributed by atoms with Gasteiger partial charge in [-0.2, -0.15) is 0 Å².